The first-order chi connectivity index (χ1) is 22.0. The molecule has 0 bridgehead atoms. The summed E-state index contributed by atoms with van der Waals surface area (Å²) >= 11 is 0. The number of aliphatic hydroxyl groups is 3. The average Bonchev–Trinajstić information content (AvgIpc) is 3.25. The van der Waals surface area contributed by atoms with E-state index in [1.807, 2.05) is 0 Å². The lowest BCUT2D eigenvalue weighted by atomic mass is 9.71. The Kier molecular flexibility index (Phi) is 12.9. The molecular weight excluding hydrogens is 632 g/mol. The highest BCUT2D eigenvalue weighted by atomic mass is 17.1. The van der Waals surface area contributed by atoms with Crippen molar-refractivity contribution in [2.45, 2.75) is 117 Å². The van der Waals surface area contributed by atoms with Crippen LogP contribution in [-0.4, -0.2) is 98.1 Å². The lowest BCUT2D eigenvalue weighted by molar-refractivity contribution is -0.264. The Morgan fingerprint density at radius 3 is 2.02 bits per heavy atom. The van der Waals surface area contributed by atoms with Crippen molar-refractivity contribution >= 4 is 29.7 Å². The summed E-state index contributed by atoms with van der Waals surface area (Å²) in [5.41, 5.74) is -7.20. The van der Waals surface area contributed by atoms with E-state index < -0.39 is 112 Å². The van der Waals surface area contributed by atoms with Crippen molar-refractivity contribution < 1.29 is 68.4 Å². The number of hydrogen-bond donors (Lipinski definition) is 4. The van der Waals surface area contributed by atoms with Gasteiger partial charge in [0.2, 0.25) is 0 Å². The Labute approximate surface area is 279 Å². The molecule has 1 saturated carbocycles. The van der Waals surface area contributed by atoms with E-state index in [0.717, 1.165) is 26.8 Å². The Balaban J connectivity index is 3.05. The third-order valence-electron chi connectivity index (χ3n) is 8.94. The van der Waals surface area contributed by atoms with Crippen molar-refractivity contribution in [2.75, 3.05) is 0 Å². The molecular formula is C34H48O14. The molecule has 268 valence electrons. The molecule has 10 atom stereocenters. The Hall–Kier alpha value is -3.69. The van der Waals surface area contributed by atoms with Crippen molar-refractivity contribution in [3.8, 4) is 0 Å². The van der Waals surface area contributed by atoms with E-state index in [2.05, 4.69) is 18.0 Å². The number of hydrogen-bond acceptors (Lipinski definition) is 14. The molecule has 0 amide bonds. The highest BCUT2D eigenvalue weighted by molar-refractivity contribution is 5.97. The summed E-state index contributed by atoms with van der Waals surface area (Å²) in [4.78, 5) is 69.7. The molecule has 2 rings (SSSR count). The van der Waals surface area contributed by atoms with Crippen molar-refractivity contribution in [3.63, 3.8) is 0 Å². The maximum Gasteiger partial charge on any atom is 0.336 e. The predicted octanol–water partition coefficient (Wildman–Crippen LogP) is 2.29. The molecule has 0 aromatic rings. The highest BCUT2D eigenvalue weighted by Crippen LogP contribution is 2.49. The maximum absolute atomic E-state index is 14.2. The lowest BCUT2D eigenvalue weighted by Crippen LogP contribution is -2.60. The van der Waals surface area contributed by atoms with Gasteiger partial charge in [0, 0.05) is 24.8 Å². The number of esters is 4. The quantitative estimate of drug-likeness (QED) is 0.0724. The average molecular weight is 681 g/mol. The number of Topliss-reactive ketones (excluding diaryl/α,β-unsaturated/α-hetero) is 1. The summed E-state index contributed by atoms with van der Waals surface area (Å²) in [5, 5.41) is 45.0. The lowest BCUT2D eigenvalue weighted by Gasteiger charge is -2.44. The predicted molar refractivity (Wildman–Crippen MR) is 169 cm³/mol. The molecule has 14 heteroatoms. The third kappa shape index (κ3) is 8.47. The van der Waals surface area contributed by atoms with Crippen LogP contribution in [0.5, 0.6) is 0 Å². The normalized spacial score (nSPS) is 34.5. The van der Waals surface area contributed by atoms with Gasteiger partial charge in [0.05, 0.1) is 11.5 Å². The molecule has 0 aromatic carbocycles. The van der Waals surface area contributed by atoms with E-state index >= 15 is 0 Å². The van der Waals surface area contributed by atoms with Crippen LogP contribution in [0.2, 0.25) is 0 Å². The maximum atomic E-state index is 14.2. The van der Waals surface area contributed by atoms with Gasteiger partial charge < -0.3 is 34.3 Å². The van der Waals surface area contributed by atoms with E-state index in [9.17, 15) is 39.3 Å². The monoisotopic (exact) mass is 680 g/mol. The first kappa shape index (κ1) is 40.5. The second-order valence-corrected chi connectivity index (χ2v) is 13.3. The highest BCUT2D eigenvalue weighted by Gasteiger charge is 2.64. The summed E-state index contributed by atoms with van der Waals surface area (Å²) in [7, 11) is 0. The fourth-order valence-corrected chi connectivity index (χ4v) is 6.03. The van der Waals surface area contributed by atoms with E-state index in [4.69, 9.17) is 24.2 Å². The summed E-state index contributed by atoms with van der Waals surface area (Å²) in [6.45, 7) is 19.6. The topological polar surface area (TPSA) is 212 Å². The number of aliphatic hydroxyl groups excluding tert-OH is 1. The van der Waals surface area contributed by atoms with Gasteiger partial charge in [0.25, 0.3) is 0 Å². The van der Waals surface area contributed by atoms with E-state index in [0.29, 0.717) is 0 Å². The smallest absolute Gasteiger partial charge is 0.336 e. The van der Waals surface area contributed by atoms with Crippen LogP contribution in [0.3, 0.4) is 0 Å². The summed E-state index contributed by atoms with van der Waals surface area (Å²) in [6.07, 6.45) is -6.50. The molecule has 4 N–H and O–H groups in total. The minimum absolute atomic E-state index is 0.119. The number of allylic oxidation sites excluding steroid dienone is 1. The van der Waals surface area contributed by atoms with Crippen LogP contribution in [0.25, 0.3) is 0 Å². The number of ether oxygens (including phenoxy) is 4. The molecule has 0 radical (unpaired) electrons. The first-order valence-electron chi connectivity index (χ1n) is 15.4. The molecule has 48 heavy (non-hydrogen) atoms. The van der Waals surface area contributed by atoms with Crippen molar-refractivity contribution in [2.24, 2.45) is 17.3 Å². The number of ketones is 1. The molecule has 0 spiro atoms. The SMILES string of the molecule is C=C(C(=O)OC1C(=C)C(O)C(OC(=O)C(C)=CC)C(OC(C)=O)C(C)(C)C=CC(C)(O)C(=O)C2(O)CC(C)C(OC(C)=O)C12)C(C)OO. The van der Waals surface area contributed by atoms with E-state index in [1.54, 1.807) is 13.8 Å². The van der Waals surface area contributed by atoms with Crippen LogP contribution >= 0.6 is 0 Å². The zero-order chi connectivity index (χ0) is 37.1. The van der Waals surface area contributed by atoms with Crippen LogP contribution in [0, 0.1) is 17.3 Å². The number of fused-ring (bicyclic) bond motifs is 1. The van der Waals surface area contributed by atoms with Crippen LogP contribution in [-0.2, 0) is 47.8 Å². The zero-order valence-electron chi connectivity index (χ0n) is 28.8. The van der Waals surface area contributed by atoms with Gasteiger partial charge >= 0.3 is 23.9 Å². The zero-order valence-corrected chi connectivity index (χ0v) is 28.8. The fraction of sp³-hybridized carbons (Fsp3) is 0.618. The van der Waals surface area contributed by atoms with Crippen LogP contribution < -0.4 is 0 Å². The Morgan fingerprint density at radius 2 is 1.52 bits per heavy atom. The van der Waals surface area contributed by atoms with Gasteiger partial charge in [-0.2, -0.15) is 0 Å². The molecule has 10 unspecified atom stereocenters. The molecule has 0 heterocycles. The van der Waals surface area contributed by atoms with Gasteiger partial charge in [-0.1, -0.05) is 46.1 Å². The second kappa shape index (κ2) is 15.2. The summed E-state index contributed by atoms with van der Waals surface area (Å²) in [5.74, 6) is -7.50. The van der Waals surface area contributed by atoms with Crippen LogP contribution in [0.1, 0.15) is 68.7 Å². The molecule has 2 aliphatic rings. The Morgan fingerprint density at radius 1 is 0.958 bits per heavy atom. The van der Waals surface area contributed by atoms with Crippen molar-refractivity contribution in [1.82, 2.24) is 0 Å². The largest absolute Gasteiger partial charge is 0.462 e. The van der Waals surface area contributed by atoms with Gasteiger partial charge in [-0.3, -0.25) is 19.6 Å². The third-order valence-corrected chi connectivity index (χ3v) is 8.94. The molecule has 0 aromatic heterocycles. The number of carbonyl (C=O) groups excluding carboxylic acids is 5. The van der Waals surface area contributed by atoms with E-state index in [1.165, 1.54) is 39.8 Å². The second-order valence-electron chi connectivity index (χ2n) is 13.3. The molecule has 0 aliphatic heterocycles. The number of rotatable bonds is 8. The van der Waals surface area contributed by atoms with Crippen LogP contribution in [0.4, 0.5) is 0 Å². The summed E-state index contributed by atoms with van der Waals surface area (Å²) < 4.78 is 22.7. The van der Waals surface area contributed by atoms with Crippen molar-refractivity contribution in [1.29, 1.82) is 0 Å². The molecule has 1 fully saturated rings. The molecule has 0 saturated heterocycles. The van der Waals surface area contributed by atoms with Gasteiger partial charge in [-0.05, 0) is 51.7 Å². The van der Waals surface area contributed by atoms with Crippen molar-refractivity contribution in [3.05, 3.63) is 48.1 Å². The van der Waals surface area contributed by atoms with Gasteiger partial charge in [0.15, 0.2) is 11.9 Å². The Bertz CT molecular complexity index is 1370. The summed E-state index contributed by atoms with van der Waals surface area (Å²) in [6, 6.07) is 0. The van der Waals surface area contributed by atoms with E-state index in [-0.39, 0.29) is 5.57 Å². The minimum atomic E-state index is -2.59. The molecule has 14 nitrogen and oxygen atoms in total. The van der Waals surface area contributed by atoms with Gasteiger partial charge in [0.1, 0.15) is 41.7 Å². The fourth-order valence-electron chi connectivity index (χ4n) is 6.03. The number of carbonyl (C=O) groups is 5. The van der Waals surface area contributed by atoms with Crippen LogP contribution in [0.15, 0.2) is 48.1 Å². The minimum Gasteiger partial charge on any atom is -0.462 e. The first-order valence-corrected chi connectivity index (χ1v) is 15.4. The standard InChI is InChI=1S/C34H48O14/c1-12-16(2)29(38)47-27-24(37)19(5)26(46-30(39)18(4)20(6)48-43)23-25(44-21(7)35)17(3)15-34(23,42)31(40)33(11,41)14-13-32(9,10)28(27)45-22(8)36/h12-14,17,20,23-28,37,41-43H,4-5,15H2,1-3,6-11H3. The molecule has 2 aliphatic carbocycles. The van der Waals surface area contributed by atoms with Gasteiger partial charge in [-0.25, -0.2) is 14.5 Å². The van der Waals surface area contributed by atoms with Gasteiger partial charge in [-0.15, -0.1) is 0 Å².